The molecule has 29 heavy (non-hydrogen) atoms. The Balaban J connectivity index is 1.40. The van der Waals surface area contributed by atoms with Crippen LogP contribution in [0.3, 0.4) is 0 Å². The van der Waals surface area contributed by atoms with Crippen molar-refractivity contribution in [3.63, 3.8) is 0 Å². The van der Waals surface area contributed by atoms with Crippen molar-refractivity contribution in [2.75, 3.05) is 16.8 Å². The third-order valence-corrected chi connectivity index (χ3v) is 4.80. The van der Waals surface area contributed by atoms with Gasteiger partial charge in [0.1, 0.15) is 11.3 Å². The summed E-state index contributed by atoms with van der Waals surface area (Å²) in [5, 5.41) is 3.57. The van der Waals surface area contributed by atoms with Crippen LogP contribution in [0.4, 0.5) is 11.4 Å². The van der Waals surface area contributed by atoms with Crippen LogP contribution in [0.5, 0.6) is 5.75 Å². The molecular weight excluding hydrogens is 372 g/mol. The van der Waals surface area contributed by atoms with Gasteiger partial charge < -0.3 is 19.4 Å². The largest absolute Gasteiger partial charge is 0.481 e. The number of rotatable bonds is 5. The van der Waals surface area contributed by atoms with Gasteiger partial charge in [-0.3, -0.25) is 9.59 Å². The Morgan fingerprint density at radius 1 is 1.10 bits per heavy atom. The van der Waals surface area contributed by atoms with Crippen molar-refractivity contribution >= 4 is 34.2 Å². The fourth-order valence-corrected chi connectivity index (χ4v) is 3.26. The highest BCUT2D eigenvalue weighted by molar-refractivity contribution is 5.97. The summed E-state index contributed by atoms with van der Waals surface area (Å²) < 4.78 is 10.8. The number of benzene rings is 2. The van der Waals surface area contributed by atoms with Crippen LogP contribution in [0.25, 0.3) is 11.0 Å². The number of hydrogen-bond donors (Lipinski definition) is 1. The zero-order valence-corrected chi connectivity index (χ0v) is 15.9. The summed E-state index contributed by atoms with van der Waals surface area (Å²) in [6, 6.07) is 15.2. The van der Waals surface area contributed by atoms with Gasteiger partial charge in [0, 0.05) is 41.9 Å². The molecule has 148 valence electrons. The predicted molar refractivity (Wildman–Crippen MR) is 109 cm³/mol. The Labute approximate surface area is 166 Å². The molecule has 7 nitrogen and oxygen atoms in total. The van der Waals surface area contributed by atoms with Crippen molar-refractivity contribution in [3.8, 4) is 5.75 Å². The van der Waals surface area contributed by atoms with Crippen molar-refractivity contribution in [1.29, 1.82) is 0 Å². The summed E-state index contributed by atoms with van der Waals surface area (Å²) in [6.45, 7) is 2.36. The van der Waals surface area contributed by atoms with Crippen LogP contribution in [-0.4, -0.2) is 24.5 Å². The van der Waals surface area contributed by atoms with Crippen molar-refractivity contribution in [3.05, 3.63) is 65.0 Å². The maximum atomic E-state index is 12.5. The van der Waals surface area contributed by atoms with Gasteiger partial charge in [-0.2, -0.15) is 0 Å². The normalized spacial score (nSPS) is 14.8. The van der Waals surface area contributed by atoms with Gasteiger partial charge in [-0.25, -0.2) is 4.79 Å². The van der Waals surface area contributed by atoms with Gasteiger partial charge in [-0.05, 0) is 55.8 Å². The quantitative estimate of drug-likeness (QED) is 0.673. The third kappa shape index (κ3) is 4.13. The number of amides is 2. The molecule has 4 rings (SSSR count). The molecule has 2 heterocycles. The number of anilines is 2. The predicted octanol–water partition coefficient (Wildman–Crippen LogP) is 3.33. The van der Waals surface area contributed by atoms with Crippen LogP contribution < -0.4 is 20.6 Å². The Bertz CT molecular complexity index is 1120. The minimum Gasteiger partial charge on any atom is -0.481 e. The van der Waals surface area contributed by atoms with Gasteiger partial charge in [-0.15, -0.1) is 0 Å². The molecular formula is C22H20N2O5. The molecule has 0 bridgehead atoms. The summed E-state index contributed by atoms with van der Waals surface area (Å²) in [6.07, 6.45) is 0.679. The second-order valence-corrected chi connectivity index (χ2v) is 6.90. The first-order chi connectivity index (χ1) is 14.0. The molecule has 0 radical (unpaired) electrons. The minimum absolute atomic E-state index is 0.120. The topological polar surface area (TPSA) is 88.8 Å². The molecule has 1 atom stereocenters. The van der Waals surface area contributed by atoms with E-state index >= 15 is 0 Å². The fraction of sp³-hybridized carbons (Fsp3) is 0.227. The molecule has 2 aromatic carbocycles. The van der Waals surface area contributed by atoms with Gasteiger partial charge in [0.05, 0.1) is 0 Å². The highest BCUT2D eigenvalue weighted by Gasteiger charge is 2.21. The second kappa shape index (κ2) is 7.79. The first kappa shape index (κ1) is 18.7. The van der Waals surface area contributed by atoms with Crippen molar-refractivity contribution in [1.82, 2.24) is 0 Å². The molecule has 0 spiro atoms. The van der Waals surface area contributed by atoms with Crippen LogP contribution >= 0.6 is 0 Å². The lowest BCUT2D eigenvalue weighted by Crippen LogP contribution is -2.30. The molecule has 1 saturated heterocycles. The first-order valence-electron chi connectivity index (χ1n) is 9.41. The molecule has 2 amide bonds. The lowest BCUT2D eigenvalue weighted by molar-refractivity contribution is -0.122. The van der Waals surface area contributed by atoms with E-state index in [9.17, 15) is 14.4 Å². The van der Waals surface area contributed by atoms with E-state index in [1.807, 2.05) is 12.1 Å². The minimum atomic E-state index is -0.761. The number of fused-ring (bicyclic) bond motifs is 1. The third-order valence-electron chi connectivity index (χ3n) is 4.80. The molecule has 1 aliphatic rings. The summed E-state index contributed by atoms with van der Waals surface area (Å²) in [5.74, 6) is 0.233. The summed E-state index contributed by atoms with van der Waals surface area (Å²) in [5.41, 5.74) is 1.40. The molecule has 0 saturated carbocycles. The van der Waals surface area contributed by atoms with E-state index in [2.05, 4.69) is 5.32 Å². The van der Waals surface area contributed by atoms with E-state index in [1.165, 1.54) is 6.07 Å². The Morgan fingerprint density at radius 2 is 1.86 bits per heavy atom. The smallest absolute Gasteiger partial charge is 0.336 e. The van der Waals surface area contributed by atoms with Crippen LogP contribution in [-0.2, 0) is 9.59 Å². The molecule has 1 N–H and O–H groups in total. The van der Waals surface area contributed by atoms with Gasteiger partial charge in [0.2, 0.25) is 5.91 Å². The van der Waals surface area contributed by atoms with Crippen molar-refractivity contribution in [2.45, 2.75) is 25.9 Å². The number of carbonyl (C=O) groups excluding carboxylic acids is 2. The molecule has 1 unspecified atom stereocenters. The van der Waals surface area contributed by atoms with Crippen LogP contribution in [0.15, 0.2) is 63.8 Å². The van der Waals surface area contributed by atoms with E-state index in [-0.39, 0.29) is 11.8 Å². The maximum Gasteiger partial charge on any atom is 0.336 e. The molecule has 7 heteroatoms. The monoisotopic (exact) mass is 392 g/mol. The van der Waals surface area contributed by atoms with E-state index < -0.39 is 11.7 Å². The molecule has 1 aromatic heterocycles. The molecule has 0 aliphatic carbocycles. The Hall–Kier alpha value is -3.61. The molecule has 1 fully saturated rings. The zero-order valence-electron chi connectivity index (χ0n) is 15.9. The molecule has 1 aliphatic heterocycles. The van der Waals surface area contributed by atoms with E-state index in [4.69, 9.17) is 9.15 Å². The average Bonchev–Trinajstić information content (AvgIpc) is 3.14. The second-order valence-electron chi connectivity index (χ2n) is 6.90. The van der Waals surface area contributed by atoms with Gasteiger partial charge >= 0.3 is 5.63 Å². The lowest BCUT2D eigenvalue weighted by atomic mass is 10.2. The van der Waals surface area contributed by atoms with Crippen LogP contribution in [0, 0.1) is 0 Å². The SMILES string of the molecule is CC(Oc1ccc2ccc(=O)oc2c1)C(=O)Nc1ccc(N2CCCC2=O)cc1. The summed E-state index contributed by atoms with van der Waals surface area (Å²) >= 11 is 0. The number of carbonyl (C=O) groups is 2. The van der Waals surface area contributed by atoms with Crippen LogP contribution in [0.1, 0.15) is 19.8 Å². The highest BCUT2D eigenvalue weighted by atomic mass is 16.5. The zero-order chi connectivity index (χ0) is 20.4. The Kier molecular flexibility index (Phi) is 5.03. The average molecular weight is 392 g/mol. The fourth-order valence-electron chi connectivity index (χ4n) is 3.26. The van der Waals surface area contributed by atoms with Gasteiger partial charge in [0.25, 0.3) is 5.91 Å². The van der Waals surface area contributed by atoms with Gasteiger partial charge in [0.15, 0.2) is 6.10 Å². The standard InChI is InChI=1S/C22H20N2O5/c1-14(28-18-10-4-15-5-11-21(26)29-19(15)13-18)22(27)23-16-6-8-17(9-7-16)24-12-2-3-20(24)25/h4-11,13-14H,2-3,12H2,1H3,(H,23,27). The molecule has 3 aromatic rings. The van der Waals surface area contributed by atoms with E-state index in [0.29, 0.717) is 23.4 Å². The Morgan fingerprint density at radius 3 is 2.59 bits per heavy atom. The summed E-state index contributed by atoms with van der Waals surface area (Å²) in [7, 11) is 0. The lowest BCUT2D eigenvalue weighted by Gasteiger charge is -2.17. The van der Waals surface area contributed by atoms with Crippen LogP contribution in [0.2, 0.25) is 0 Å². The highest BCUT2D eigenvalue weighted by Crippen LogP contribution is 2.24. The van der Waals surface area contributed by atoms with Crippen molar-refractivity contribution < 1.29 is 18.7 Å². The number of nitrogens with one attached hydrogen (secondary N) is 1. The van der Waals surface area contributed by atoms with E-state index in [1.54, 1.807) is 48.2 Å². The number of nitrogens with zero attached hydrogens (tertiary/aromatic N) is 1. The van der Waals surface area contributed by atoms with Gasteiger partial charge in [-0.1, -0.05) is 0 Å². The summed E-state index contributed by atoms with van der Waals surface area (Å²) in [4.78, 5) is 37.4. The van der Waals surface area contributed by atoms with Crippen molar-refractivity contribution in [2.24, 2.45) is 0 Å². The number of hydrogen-bond acceptors (Lipinski definition) is 5. The first-order valence-corrected chi connectivity index (χ1v) is 9.41. The van der Waals surface area contributed by atoms with E-state index in [0.717, 1.165) is 24.0 Å². The maximum absolute atomic E-state index is 12.5. The number of ether oxygens (including phenoxy) is 1.